The van der Waals surface area contributed by atoms with Crippen molar-refractivity contribution >= 4 is 17.5 Å². The molecule has 1 aliphatic rings. The molecule has 0 saturated carbocycles. The molecule has 0 aromatic carbocycles. The van der Waals surface area contributed by atoms with Crippen molar-refractivity contribution in [3.8, 4) is 0 Å². The Kier molecular flexibility index (Phi) is 4.53. The lowest BCUT2D eigenvalue weighted by molar-refractivity contribution is -0.123. The van der Waals surface area contributed by atoms with E-state index in [0.29, 0.717) is 5.88 Å². The fourth-order valence-corrected chi connectivity index (χ4v) is 1.89. The molecule has 1 fully saturated rings. The molecule has 1 atom stereocenters. The highest BCUT2D eigenvalue weighted by Gasteiger charge is 2.23. The minimum Gasteiger partial charge on any atom is -0.369 e. The van der Waals surface area contributed by atoms with Crippen LogP contribution < -0.4 is 5.73 Å². The second-order valence-electron chi connectivity index (χ2n) is 3.58. The number of hydrogen-bond donors (Lipinski definition) is 1. The second-order valence-corrected chi connectivity index (χ2v) is 3.96. The number of carbonyl (C=O) groups is 1. The van der Waals surface area contributed by atoms with Crippen LogP contribution in [0.5, 0.6) is 0 Å². The zero-order valence-corrected chi connectivity index (χ0v) is 8.59. The minimum absolute atomic E-state index is 0.0593. The van der Waals surface area contributed by atoms with Gasteiger partial charge in [-0.05, 0) is 32.4 Å². The van der Waals surface area contributed by atoms with Crippen molar-refractivity contribution in [1.82, 2.24) is 4.90 Å². The van der Waals surface area contributed by atoms with Gasteiger partial charge in [-0.2, -0.15) is 0 Å². The number of likely N-dealkylation sites (tertiary alicyclic amines) is 1. The molecule has 0 aromatic heterocycles. The number of piperidine rings is 1. The normalized spacial score (nSPS) is 24.5. The lowest BCUT2D eigenvalue weighted by atomic mass is 9.97. The molecule has 3 nitrogen and oxygen atoms in total. The largest absolute Gasteiger partial charge is 0.369 e. The molecule has 4 heteroatoms. The van der Waals surface area contributed by atoms with E-state index in [0.717, 1.165) is 38.9 Å². The maximum atomic E-state index is 10.9. The van der Waals surface area contributed by atoms with Crippen LogP contribution in [0.3, 0.4) is 0 Å². The Bertz CT molecular complexity index is 175. The molecule has 0 radical (unpaired) electrons. The molecule has 76 valence electrons. The van der Waals surface area contributed by atoms with E-state index in [1.807, 2.05) is 0 Å². The third-order valence-electron chi connectivity index (χ3n) is 2.52. The van der Waals surface area contributed by atoms with Gasteiger partial charge in [0.15, 0.2) is 0 Å². The Morgan fingerprint density at radius 1 is 1.62 bits per heavy atom. The number of halogens is 1. The number of primary amides is 1. The summed E-state index contributed by atoms with van der Waals surface area (Å²) >= 11 is 5.60. The number of nitrogens with two attached hydrogens (primary N) is 1. The molecule has 0 aromatic rings. The summed E-state index contributed by atoms with van der Waals surface area (Å²) in [4.78, 5) is 13.2. The standard InChI is InChI=1S/C9H17ClN2O/c10-4-2-6-12-5-1-3-8(7-12)9(11)13/h8H,1-7H2,(H2,11,13). The van der Waals surface area contributed by atoms with Gasteiger partial charge in [-0.25, -0.2) is 0 Å². The van der Waals surface area contributed by atoms with Gasteiger partial charge in [0.1, 0.15) is 0 Å². The first kappa shape index (κ1) is 10.8. The average Bonchev–Trinajstić information content (AvgIpc) is 2.15. The predicted octanol–water partition coefficient (Wildman–Crippen LogP) is 0.813. The Morgan fingerprint density at radius 3 is 3.00 bits per heavy atom. The summed E-state index contributed by atoms with van der Waals surface area (Å²) in [5, 5.41) is 0. The highest BCUT2D eigenvalue weighted by Crippen LogP contribution is 2.15. The van der Waals surface area contributed by atoms with Crippen LogP contribution in [0.15, 0.2) is 0 Å². The van der Waals surface area contributed by atoms with Gasteiger partial charge in [-0.15, -0.1) is 11.6 Å². The zero-order chi connectivity index (χ0) is 9.68. The summed E-state index contributed by atoms with van der Waals surface area (Å²) in [7, 11) is 0. The van der Waals surface area contributed by atoms with Crippen molar-refractivity contribution in [1.29, 1.82) is 0 Å². The van der Waals surface area contributed by atoms with Gasteiger partial charge in [-0.1, -0.05) is 0 Å². The van der Waals surface area contributed by atoms with Gasteiger partial charge in [0.2, 0.25) is 5.91 Å². The lowest BCUT2D eigenvalue weighted by Gasteiger charge is -2.30. The van der Waals surface area contributed by atoms with Crippen LogP contribution >= 0.6 is 11.6 Å². The van der Waals surface area contributed by atoms with Gasteiger partial charge < -0.3 is 10.6 Å². The minimum atomic E-state index is -0.157. The van der Waals surface area contributed by atoms with E-state index in [-0.39, 0.29) is 11.8 Å². The fourth-order valence-electron chi connectivity index (χ4n) is 1.77. The van der Waals surface area contributed by atoms with Crippen molar-refractivity contribution in [2.75, 3.05) is 25.5 Å². The van der Waals surface area contributed by atoms with Gasteiger partial charge in [0.25, 0.3) is 0 Å². The molecular formula is C9H17ClN2O. The van der Waals surface area contributed by atoms with E-state index < -0.39 is 0 Å². The second kappa shape index (κ2) is 5.45. The van der Waals surface area contributed by atoms with Crippen molar-refractivity contribution in [2.24, 2.45) is 11.7 Å². The third kappa shape index (κ3) is 3.53. The number of hydrogen-bond acceptors (Lipinski definition) is 2. The quantitative estimate of drug-likeness (QED) is 0.690. The maximum Gasteiger partial charge on any atom is 0.221 e. The summed E-state index contributed by atoms with van der Waals surface area (Å²) in [6.07, 6.45) is 3.02. The Morgan fingerprint density at radius 2 is 2.38 bits per heavy atom. The van der Waals surface area contributed by atoms with Crippen LogP contribution in [-0.2, 0) is 4.79 Å². The van der Waals surface area contributed by atoms with Crippen molar-refractivity contribution in [3.63, 3.8) is 0 Å². The van der Waals surface area contributed by atoms with Crippen LogP contribution in [0.25, 0.3) is 0 Å². The summed E-state index contributed by atoms with van der Waals surface area (Å²) in [6.45, 7) is 2.90. The first-order valence-corrected chi connectivity index (χ1v) is 5.35. The van der Waals surface area contributed by atoms with Gasteiger partial charge in [-0.3, -0.25) is 4.79 Å². The third-order valence-corrected chi connectivity index (χ3v) is 2.78. The molecular weight excluding hydrogens is 188 g/mol. The van der Waals surface area contributed by atoms with E-state index in [1.54, 1.807) is 0 Å². The fraction of sp³-hybridized carbons (Fsp3) is 0.889. The molecule has 1 saturated heterocycles. The summed E-state index contributed by atoms with van der Waals surface area (Å²) in [5.74, 6) is 0.595. The van der Waals surface area contributed by atoms with Crippen molar-refractivity contribution in [3.05, 3.63) is 0 Å². The highest BCUT2D eigenvalue weighted by molar-refractivity contribution is 6.17. The predicted molar refractivity (Wildman–Crippen MR) is 53.7 cm³/mol. The number of amides is 1. The zero-order valence-electron chi connectivity index (χ0n) is 7.84. The van der Waals surface area contributed by atoms with Crippen LogP contribution in [-0.4, -0.2) is 36.3 Å². The maximum absolute atomic E-state index is 10.9. The molecule has 1 heterocycles. The Balaban J connectivity index is 2.29. The number of rotatable bonds is 4. The van der Waals surface area contributed by atoms with E-state index in [1.165, 1.54) is 0 Å². The molecule has 1 unspecified atom stereocenters. The van der Waals surface area contributed by atoms with E-state index in [2.05, 4.69) is 4.90 Å². The molecule has 1 rings (SSSR count). The summed E-state index contributed by atoms with van der Waals surface area (Å²) < 4.78 is 0. The SMILES string of the molecule is NC(=O)C1CCCN(CCCCl)C1. The number of nitrogens with zero attached hydrogens (tertiary/aromatic N) is 1. The van der Waals surface area contributed by atoms with Gasteiger partial charge in [0, 0.05) is 12.4 Å². The molecule has 1 aliphatic heterocycles. The van der Waals surface area contributed by atoms with E-state index in [9.17, 15) is 4.79 Å². The highest BCUT2D eigenvalue weighted by atomic mass is 35.5. The summed E-state index contributed by atoms with van der Waals surface area (Å²) in [5.41, 5.74) is 5.27. The topological polar surface area (TPSA) is 46.3 Å². The van der Waals surface area contributed by atoms with Crippen LogP contribution in [0, 0.1) is 5.92 Å². The molecule has 2 N–H and O–H groups in total. The van der Waals surface area contributed by atoms with E-state index in [4.69, 9.17) is 17.3 Å². The average molecular weight is 205 g/mol. The number of alkyl halides is 1. The smallest absolute Gasteiger partial charge is 0.221 e. The summed E-state index contributed by atoms with van der Waals surface area (Å²) in [6, 6.07) is 0. The Hall–Kier alpha value is -0.280. The van der Waals surface area contributed by atoms with Crippen LogP contribution in [0.1, 0.15) is 19.3 Å². The van der Waals surface area contributed by atoms with Crippen molar-refractivity contribution < 1.29 is 4.79 Å². The molecule has 0 aliphatic carbocycles. The Labute approximate surface area is 84.2 Å². The molecule has 1 amide bonds. The molecule has 13 heavy (non-hydrogen) atoms. The number of carbonyl (C=O) groups excluding carboxylic acids is 1. The monoisotopic (exact) mass is 204 g/mol. The van der Waals surface area contributed by atoms with Gasteiger partial charge in [0.05, 0.1) is 5.92 Å². The molecule has 0 spiro atoms. The first-order chi connectivity index (χ1) is 6.24. The van der Waals surface area contributed by atoms with Crippen LogP contribution in [0.4, 0.5) is 0 Å². The van der Waals surface area contributed by atoms with Crippen LogP contribution in [0.2, 0.25) is 0 Å². The van der Waals surface area contributed by atoms with Gasteiger partial charge >= 0.3 is 0 Å². The van der Waals surface area contributed by atoms with Crippen molar-refractivity contribution in [2.45, 2.75) is 19.3 Å². The first-order valence-electron chi connectivity index (χ1n) is 4.81. The lowest BCUT2D eigenvalue weighted by Crippen LogP contribution is -2.41. The molecule has 0 bridgehead atoms. The van der Waals surface area contributed by atoms with E-state index >= 15 is 0 Å².